The standard InChI is InChI=1S/C12H14ClNO3/c1-7-2-3-8(13)4-9(7)12(17)14-5-10(15)11(16)6-14/h2-4,10-11,15-16H,5-6H2,1H3. The van der Waals surface area contributed by atoms with Gasteiger partial charge in [0.25, 0.3) is 5.91 Å². The van der Waals surface area contributed by atoms with E-state index in [9.17, 15) is 15.0 Å². The summed E-state index contributed by atoms with van der Waals surface area (Å²) >= 11 is 5.86. The van der Waals surface area contributed by atoms with Crippen LogP contribution in [0.15, 0.2) is 18.2 Å². The van der Waals surface area contributed by atoms with Crippen LogP contribution in [0.25, 0.3) is 0 Å². The van der Waals surface area contributed by atoms with Gasteiger partial charge in [0.2, 0.25) is 0 Å². The van der Waals surface area contributed by atoms with Crippen LogP contribution in [0.3, 0.4) is 0 Å². The van der Waals surface area contributed by atoms with E-state index in [0.29, 0.717) is 10.6 Å². The average Bonchev–Trinajstić information content (AvgIpc) is 2.62. The molecule has 1 aromatic rings. The number of aliphatic hydroxyl groups is 2. The summed E-state index contributed by atoms with van der Waals surface area (Å²) in [6.45, 7) is 2.14. The number of carbonyl (C=O) groups is 1. The highest BCUT2D eigenvalue weighted by atomic mass is 35.5. The smallest absolute Gasteiger partial charge is 0.254 e. The molecule has 0 spiro atoms. The quantitative estimate of drug-likeness (QED) is 0.781. The summed E-state index contributed by atoms with van der Waals surface area (Å²) in [5, 5.41) is 19.3. The molecule has 1 saturated heterocycles. The number of aliphatic hydroxyl groups excluding tert-OH is 2. The summed E-state index contributed by atoms with van der Waals surface area (Å²) in [5.74, 6) is -0.208. The minimum atomic E-state index is -0.863. The van der Waals surface area contributed by atoms with Crippen molar-refractivity contribution < 1.29 is 15.0 Å². The first-order valence-corrected chi connectivity index (χ1v) is 5.78. The van der Waals surface area contributed by atoms with Gasteiger partial charge in [-0.05, 0) is 24.6 Å². The van der Waals surface area contributed by atoms with Crippen molar-refractivity contribution in [3.05, 3.63) is 34.3 Å². The van der Waals surface area contributed by atoms with Crippen LogP contribution in [0.1, 0.15) is 15.9 Å². The molecule has 92 valence electrons. The second-order valence-corrected chi connectivity index (χ2v) is 4.74. The molecule has 1 fully saturated rings. The lowest BCUT2D eigenvalue weighted by molar-refractivity contribution is 0.0572. The van der Waals surface area contributed by atoms with E-state index in [-0.39, 0.29) is 19.0 Å². The van der Waals surface area contributed by atoms with Crippen molar-refractivity contribution in [2.24, 2.45) is 0 Å². The van der Waals surface area contributed by atoms with Crippen LogP contribution >= 0.6 is 11.6 Å². The maximum Gasteiger partial charge on any atom is 0.254 e. The zero-order valence-electron chi connectivity index (χ0n) is 9.43. The predicted molar refractivity (Wildman–Crippen MR) is 64.1 cm³/mol. The molecule has 1 amide bonds. The lowest BCUT2D eigenvalue weighted by Gasteiger charge is -2.16. The monoisotopic (exact) mass is 255 g/mol. The largest absolute Gasteiger partial charge is 0.388 e. The normalized spacial score (nSPS) is 24.1. The van der Waals surface area contributed by atoms with Crippen LogP contribution in [0.2, 0.25) is 5.02 Å². The molecule has 0 aliphatic carbocycles. The Morgan fingerprint density at radius 3 is 2.53 bits per heavy atom. The minimum Gasteiger partial charge on any atom is -0.388 e. The van der Waals surface area contributed by atoms with Gasteiger partial charge in [-0.1, -0.05) is 17.7 Å². The predicted octanol–water partition coefficient (Wildman–Crippen LogP) is 0.826. The maximum atomic E-state index is 12.2. The number of halogens is 1. The first-order valence-electron chi connectivity index (χ1n) is 5.40. The molecule has 2 atom stereocenters. The van der Waals surface area contributed by atoms with Crippen LogP contribution in [0, 0.1) is 6.92 Å². The molecule has 0 radical (unpaired) electrons. The molecule has 0 saturated carbocycles. The number of likely N-dealkylation sites (tertiary alicyclic amines) is 1. The van der Waals surface area contributed by atoms with Crippen LogP contribution in [-0.4, -0.2) is 46.3 Å². The Balaban J connectivity index is 2.23. The fourth-order valence-corrected chi connectivity index (χ4v) is 2.10. The molecule has 2 rings (SSSR count). The van der Waals surface area contributed by atoms with Gasteiger partial charge in [0, 0.05) is 23.7 Å². The molecule has 0 aromatic heterocycles. The second kappa shape index (κ2) is 4.64. The molecular formula is C12H14ClNO3. The van der Waals surface area contributed by atoms with E-state index < -0.39 is 12.2 Å². The fourth-order valence-electron chi connectivity index (χ4n) is 1.93. The van der Waals surface area contributed by atoms with E-state index in [1.807, 2.05) is 6.92 Å². The summed E-state index contributed by atoms with van der Waals surface area (Å²) in [4.78, 5) is 13.6. The summed E-state index contributed by atoms with van der Waals surface area (Å²) in [6.07, 6.45) is -1.73. The molecule has 17 heavy (non-hydrogen) atoms. The van der Waals surface area contributed by atoms with Crippen molar-refractivity contribution in [3.63, 3.8) is 0 Å². The third kappa shape index (κ3) is 2.44. The van der Waals surface area contributed by atoms with Crippen LogP contribution < -0.4 is 0 Å². The number of benzene rings is 1. The van der Waals surface area contributed by atoms with Gasteiger partial charge >= 0.3 is 0 Å². The Morgan fingerprint density at radius 2 is 1.94 bits per heavy atom. The Hall–Kier alpha value is -1.10. The van der Waals surface area contributed by atoms with E-state index in [1.54, 1.807) is 18.2 Å². The number of aryl methyl sites for hydroxylation is 1. The van der Waals surface area contributed by atoms with Gasteiger partial charge in [-0.25, -0.2) is 0 Å². The first kappa shape index (κ1) is 12.4. The molecule has 4 nitrogen and oxygen atoms in total. The Labute approximate surface area is 104 Å². The minimum absolute atomic E-state index is 0.159. The van der Waals surface area contributed by atoms with Gasteiger partial charge in [-0.15, -0.1) is 0 Å². The van der Waals surface area contributed by atoms with Crippen molar-refractivity contribution in [1.82, 2.24) is 4.90 Å². The van der Waals surface area contributed by atoms with Gasteiger partial charge in [0.05, 0.1) is 12.2 Å². The van der Waals surface area contributed by atoms with Gasteiger partial charge in [0.1, 0.15) is 0 Å². The number of hydrogen-bond donors (Lipinski definition) is 2. The fraction of sp³-hybridized carbons (Fsp3) is 0.417. The molecule has 1 aromatic carbocycles. The molecule has 1 aliphatic heterocycles. The molecular weight excluding hydrogens is 242 g/mol. The number of hydrogen-bond acceptors (Lipinski definition) is 3. The van der Waals surface area contributed by atoms with Crippen LogP contribution in [-0.2, 0) is 0 Å². The zero-order valence-corrected chi connectivity index (χ0v) is 10.2. The van der Waals surface area contributed by atoms with Crippen molar-refractivity contribution in [2.75, 3.05) is 13.1 Å². The van der Waals surface area contributed by atoms with Crippen LogP contribution in [0.5, 0.6) is 0 Å². The molecule has 5 heteroatoms. The summed E-state index contributed by atoms with van der Waals surface area (Å²) in [7, 11) is 0. The molecule has 0 bridgehead atoms. The third-order valence-electron chi connectivity index (χ3n) is 2.98. The van der Waals surface area contributed by atoms with Crippen LogP contribution in [0.4, 0.5) is 0 Å². The van der Waals surface area contributed by atoms with Crippen molar-refractivity contribution >= 4 is 17.5 Å². The van der Waals surface area contributed by atoms with Gasteiger partial charge in [-0.3, -0.25) is 4.79 Å². The van der Waals surface area contributed by atoms with Gasteiger partial charge in [-0.2, -0.15) is 0 Å². The van der Waals surface area contributed by atoms with E-state index in [0.717, 1.165) is 5.56 Å². The highest BCUT2D eigenvalue weighted by Gasteiger charge is 2.33. The Morgan fingerprint density at radius 1 is 1.35 bits per heavy atom. The highest BCUT2D eigenvalue weighted by molar-refractivity contribution is 6.31. The molecule has 2 unspecified atom stereocenters. The Kier molecular flexibility index (Phi) is 3.38. The van der Waals surface area contributed by atoms with Gasteiger partial charge in [0.15, 0.2) is 0 Å². The lowest BCUT2D eigenvalue weighted by Crippen LogP contribution is -2.30. The number of nitrogens with zero attached hydrogens (tertiary/aromatic N) is 1. The molecule has 2 N–H and O–H groups in total. The third-order valence-corrected chi connectivity index (χ3v) is 3.21. The summed E-state index contributed by atoms with van der Waals surface area (Å²) in [5.41, 5.74) is 1.34. The summed E-state index contributed by atoms with van der Waals surface area (Å²) < 4.78 is 0. The van der Waals surface area contributed by atoms with E-state index in [1.165, 1.54) is 4.90 Å². The first-order chi connectivity index (χ1) is 7.99. The SMILES string of the molecule is Cc1ccc(Cl)cc1C(=O)N1CC(O)C(O)C1. The number of β-amino-alcohol motifs (C(OH)–C–C–N with tert-alkyl or cyclic N) is 2. The van der Waals surface area contributed by atoms with Crippen molar-refractivity contribution in [1.29, 1.82) is 0 Å². The van der Waals surface area contributed by atoms with Gasteiger partial charge < -0.3 is 15.1 Å². The Bertz CT molecular complexity index is 439. The van der Waals surface area contributed by atoms with Crippen molar-refractivity contribution in [3.8, 4) is 0 Å². The zero-order chi connectivity index (χ0) is 12.6. The number of rotatable bonds is 1. The molecule has 1 aliphatic rings. The second-order valence-electron chi connectivity index (χ2n) is 4.30. The van der Waals surface area contributed by atoms with E-state index >= 15 is 0 Å². The average molecular weight is 256 g/mol. The lowest BCUT2D eigenvalue weighted by atomic mass is 10.1. The highest BCUT2D eigenvalue weighted by Crippen LogP contribution is 2.20. The number of carbonyl (C=O) groups excluding carboxylic acids is 1. The maximum absolute atomic E-state index is 12.2. The number of amides is 1. The topological polar surface area (TPSA) is 60.8 Å². The van der Waals surface area contributed by atoms with E-state index in [2.05, 4.69) is 0 Å². The van der Waals surface area contributed by atoms with E-state index in [4.69, 9.17) is 11.6 Å². The molecule has 1 heterocycles. The van der Waals surface area contributed by atoms with Crippen molar-refractivity contribution in [2.45, 2.75) is 19.1 Å². The summed E-state index contributed by atoms with van der Waals surface area (Å²) in [6, 6.07) is 5.11.